The molecule has 2 heterocycles. The van der Waals surface area contributed by atoms with Crippen LogP contribution in [-0.2, 0) is 0 Å². The van der Waals surface area contributed by atoms with Crippen LogP contribution in [0.2, 0.25) is 5.02 Å². The summed E-state index contributed by atoms with van der Waals surface area (Å²) in [4.78, 5) is 4.26. The molecule has 0 radical (unpaired) electrons. The Morgan fingerprint density at radius 1 is 1.04 bits per heavy atom. The molecular formula is C20H21ClN4OS. The minimum Gasteiger partial charge on any atom is -0.474 e. The van der Waals surface area contributed by atoms with Gasteiger partial charge in [0, 0.05) is 28.9 Å². The summed E-state index contributed by atoms with van der Waals surface area (Å²) in [7, 11) is 0. The number of hydrogen-bond acceptors (Lipinski definition) is 5. The third-order valence-electron chi connectivity index (χ3n) is 4.89. The van der Waals surface area contributed by atoms with Gasteiger partial charge >= 0.3 is 0 Å². The molecule has 3 aromatic rings. The molecule has 0 spiro atoms. The molecule has 4 rings (SSSR count). The topological polar surface area (TPSA) is 52.8 Å². The normalized spacial score (nSPS) is 19.8. The molecule has 1 saturated carbocycles. The van der Waals surface area contributed by atoms with Gasteiger partial charge in [-0.05, 0) is 62.3 Å². The summed E-state index contributed by atoms with van der Waals surface area (Å²) >= 11 is 7.66. The Morgan fingerprint density at radius 3 is 2.48 bits per heavy atom. The van der Waals surface area contributed by atoms with Crippen LogP contribution >= 0.6 is 23.4 Å². The lowest BCUT2D eigenvalue weighted by atomic mass is 9.86. The van der Waals surface area contributed by atoms with Crippen molar-refractivity contribution in [3.8, 4) is 11.6 Å². The molecule has 0 saturated heterocycles. The standard InChI is InChI=1S/C20H21ClN4OS/c1-27-20-24-23-19(25(20)16-9-7-15(21)8-10-16)14-5-11-17(12-6-14)26-18-4-2-3-13-22-18/h2-4,7-10,13-14,17H,5-6,11-12H2,1H3/t14-,17-. The van der Waals surface area contributed by atoms with Gasteiger partial charge in [-0.15, -0.1) is 10.2 Å². The Bertz CT molecular complexity index is 877. The van der Waals surface area contributed by atoms with Gasteiger partial charge in [0.15, 0.2) is 5.16 Å². The lowest BCUT2D eigenvalue weighted by Crippen LogP contribution is -2.25. The molecule has 1 aromatic carbocycles. The first-order chi connectivity index (χ1) is 13.2. The van der Waals surface area contributed by atoms with Crippen LogP contribution in [0.15, 0.2) is 53.8 Å². The molecule has 27 heavy (non-hydrogen) atoms. The van der Waals surface area contributed by atoms with Crippen LogP contribution in [-0.4, -0.2) is 32.1 Å². The SMILES string of the molecule is CSc1nnc([C@H]2CC[C@H](Oc3ccccn3)CC2)n1-c1ccc(Cl)cc1. The lowest BCUT2D eigenvalue weighted by molar-refractivity contribution is 0.139. The van der Waals surface area contributed by atoms with Crippen molar-refractivity contribution in [3.05, 3.63) is 59.5 Å². The van der Waals surface area contributed by atoms with E-state index in [0.29, 0.717) is 11.8 Å². The summed E-state index contributed by atoms with van der Waals surface area (Å²) in [5.74, 6) is 2.10. The summed E-state index contributed by atoms with van der Waals surface area (Å²) in [6.07, 6.45) is 8.03. The van der Waals surface area contributed by atoms with Gasteiger partial charge in [-0.1, -0.05) is 29.4 Å². The van der Waals surface area contributed by atoms with E-state index in [0.717, 1.165) is 47.4 Å². The van der Waals surface area contributed by atoms with E-state index in [1.807, 2.05) is 48.7 Å². The van der Waals surface area contributed by atoms with Crippen molar-refractivity contribution >= 4 is 23.4 Å². The highest BCUT2D eigenvalue weighted by Crippen LogP contribution is 2.36. The smallest absolute Gasteiger partial charge is 0.213 e. The first-order valence-electron chi connectivity index (χ1n) is 9.07. The van der Waals surface area contributed by atoms with E-state index in [1.165, 1.54) is 0 Å². The molecule has 0 amide bonds. The van der Waals surface area contributed by atoms with Crippen molar-refractivity contribution in [2.75, 3.05) is 6.26 Å². The van der Waals surface area contributed by atoms with Gasteiger partial charge in [-0.2, -0.15) is 0 Å². The molecule has 0 aliphatic heterocycles. The highest BCUT2D eigenvalue weighted by molar-refractivity contribution is 7.98. The number of benzene rings is 1. The molecule has 1 aliphatic rings. The molecule has 140 valence electrons. The molecule has 0 N–H and O–H groups in total. The van der Waals surface area contributed by atoms with E-state index in [4.69, 9.17) is 16.3 Å². The first kappa shape index (κ1) is 18.3. The molecule has 7 heteroatoms. The van der Waals surface area contributed by atoms with Gasteiger partial charge in [0.05, 0.1) is 0 Å². The highest BCUT2D eigenvalue weighted by atomic mass is 35.5. The molecule has 0 unspecified atom stereocenters. The summed E-state index contributed by atoms with van der Waals surface area (Å²) in [5.41, 5.74) is 1.05. The molecule has 0 bridgehead atoms. The fourth-order valence-corrected chi connectivity index (χ4v) is 4.17. The van der Waals surface area contributed by atoms with Crippen LogP contribution in [0.25, 0.3) is 5.69 Å². The summed E-state index contributed by atoms with van der Waals surface area (Å²) < 4.78 is 8.18. The quantitative estimate of drug-likeness (QED) is 0.555. The minimum atomic E-state index is 0.211. The maximum Gasteiger partial charge on any atom is 0.213 e. The van der Waals surface area contributed by atoms with Crippen molar-refractivity contribution in [1.82, 2.24) is 19.7 Å². The second-order valence-corrected chi connectivity index (χ2v) is 7.83. The second-order valence-electron chi connectivity index (χ2n) is 6.62. The van der Waals surface area contributed by atoms with E-state index in [1.54, 1.807) is 18.0 Å². The fourth-order valence-electron chi connectivity index (χ4n) is 3.54. The Labute approximate surface area is 168 Å². The number of rotatable bonds is 5. The second kappa shape index (κ2) is 8.31. The van der Waals surface area contributed by atoms with Gasteiger partial charge < -0.3 is 4.74 Å². The third kappa shape index (κ3) is 4.12. The number of halogens is 1. The van der Waals surface area contributed by atoms with Crippen molar-refractivity contribution < 1.29 is 4.74 Å². The van der Waals surface area contributed by atoms with E-state index in [-0.39, 0.29) is 6.10 Å². The van der Waals surface area contributed by atoms with Crippen LogP contribution in [0.5, 0.6) is 5.88 Å². The Hall–Kier alpha value is -2.05. The zero-order valence-corrected chi connectivity index (χ0v) is 16.7. The average Bonchev–Trinajstić information content (AvgIpc) is 3.14. The maximum atomic E-state index is 6.05. The van der Waals surface area contributed by atoms with Gasteiger partial charge in [-0.3, -0.25) is 4.57 Å². The number of aromatic nitrogens is 4. The number of thioether (sulfide) groups is 1. The van der Waals surface area contributed by atoms with Gasteiger partial charge in [0.2, 0.25) is 5.88 Å². The van der Waals surface area contributed by atoms with E-state index >= 15 is 0 Å². The summed E-state index contributed by atoms with van der Waals surface area (Å²) in [6.45, 7) is 0. The largest absolute Gasteiger partial charge is 0.474 e. The predicted molar refractivity (Wildman–Crippen MR) is 108 cm³/mol. The average molecular weight is 401 g/mol. The van der Waals surface area contributed by atoms with Gasteiger partial charge in [-0.25, -0.2) is 4.98 Å². The molecule has 1 fully saturated rings. The minimum absolute atomic E-state index is 0.211. The Morgan fingerprint density at radius 2 is 1.81 bits per heavy atom. The van der Waals surface area contributed by atoms with Crippen molar-refractivity contribution in [1.29, 1.82) is 0 Å². The molecule has 0 atom stereocenters. The van der Waals surface area contributed by atoms with Crippen LogP contribution < -0.4 is 4.74 Å². The van der Waals surface area contributed by atoms with E-state index < -0.39 is 0 Å². The zero-order chi connectivity index (χ0) is 18.6. The molecule has 1 aliphatic carbocycles. The maximum absolute atomic E-state index is 6.05. The fraction of sp³-hybridized carbons (Fsp3) is 0.350. The Balaban J connectivity index is 1.50. The number of hydrogen-bond donors (Lipinski definition) is 0. The van der Waals surface area contributed by atoms with Crippen LogP contribution in [0.3, 0.4) is 0 Å². The number of pyridine rings is 1. The van der Waals surface area contributed by atoms with Crippen molar-refractivity contribution in [3.63, 3.8) is 0 Å². The predicted octanol–water partition coefficient (Wildman–Crippen LogP) is 5.14. The van der Waals surface area contributed by atoms with Crippen LogP contribution in [0, 0.1) is 0 Å². The number of nitrogens with zero attached hydrogens (tertiary/aromatic N) is 4. The lowest BCUT2D eigenvalue weighted by Gasteiger charge is -2.28. The van der Waals surface area contributed by atoms with E-state index in [9.17, 15) is 0 Å². The highest BCUT2D eigenvalue weighted by Gasteiger charge is 2.28. The zero-order valence-electron chi connectivity index (χ0n) is 15.1. The Kier molecular flexibility index (Phi) is 5.64. The van der Waals surface area contributed by atoms with Crippen LogP contribution in [0.1, 0.15) is 37.4 Å². The van der Waals surface area contributed by atoms with Gasteiger partial charge in [0.25, 0.3) is 0 Å². The third-order valence-corrected chi connectivity index (χ3v) is 5.77. The van der Waals surface area contributed by atoms with Crippen molar-refractivity contribution in [2.45, 2.75) is 42.9 Å². The molecular weight excluding hydrogens is 380 g/mol. The van der Waals surface area contributed by atoms with Gasteiger partial charge in [0.1, 0.15) is 11.9 Å². The summed E-state index contributed by atoms with van der Waals surface area (Å²) in [6, 6.07) is 13.6. The summed E-state index contributed by atoms with van der Waals surface area (Å²) in [5, 5.41) is 10.6. The molecule has 2 aromatic heterocycles. The van der Waals surface area contributed by atoms with Crippen LogP contribution in [0.4, 0.5) is 0 Å². The van der Waals surface area contributed by atoms with E-state index in [2.05, 4.69) is 19.7 Å². The van der Waals surface area contributed by atoms with Crippen molar-refractivity contribution in [2.24, 2.45) is 0 Å². The first-order valence-corrected chi connectivity index (χ1v) is 10.7. The molecule has 5 nitrogen and oxygen atoms in total. The monoisotopic (exact) mass is 400 g/mol. The number of ether oxygens (including phenoxy) is 1.